The molecule has 0 spiro atoms. The predicted molar refractivity (Wildman–Crippen MR) is 151 cm³/mol. The van der Waals surface area contributed by atoms with Crippen molar-refractivity contribution in [3.8, 4) is 0 Å². The zero-order valence-corrected chi connectivity index (χ0v) is 22.4. The Bertz CT molecular complexity index is 1400. The summed E-state index contributed by atoms with van der Waals surface area (Å²) in [6.07, 6.45) is 0. The van der Waals surface area contributed by atoms with Crippen molar-refractivity contribution in [3.05, 3.63) is 141 Å². The molecule has 0 radical (unpaired) electrons. The molecule has 4 aromatic carbocycles. The molecule has 6 aliphatic carbocycles. The van der Waals surface area contributed by atoms with Crippen LogP contribution in [0.3, 0.4) is 0 Å². The third-order valence-corrected chi connectivity index (χ3v) is 9.24. The molecule has 0 aliphatic heterocycles. The lowest BCUT2D eigenvalue weighted by Crippen LogP contribution is -2.36. The van der Waals surface area contributed by atoms with Crippen LogP contribution >= 0.6 is 0 Å². The number of rotatable bonds is 0. The van der Waals surface area contributed by atoms with Crippen molar-refractivity contribution >= 4 is 0 Å². The minimum atomic E-state index is 0.132. The fourth-order valence-corrected chi connectivity index (χ4v) is 7.45. The molecule has 0 aromatic heterocycles. The first kappa shape index (κ1) is 22.1. The fourth-order valence-electron chi connectivity index (χ4n) is 7.45. The van der Waals surface area contributed by atoms with Crippen LogP contribution in [0.4, 0.5) is 0 Å². The lowest BCUT2D eigenvalue weighted by molar-refractivity contribution is 0.520. The molecular weight excluding hydrogens is 432 g/mol. The summed E-state index contributed by atoms with van der Waals surface area (Å²) in [7, 11) is 0. The van der Waals surface area contributed by atoms with Gasteiger partial charge in [-0.1, -0.05) is 126 Å². The summed E-state index contributed by atoms with van der Waals surface area (Å²) in [4.78, 5) is 0. The highest BCUT2D eigenvalue weighted by atomic mass is 14.5. The summed E-state index contributed by atoms with van der Waals surface area (Å²) in [6, 6.07) is 33.6. The second kappa shape index (κ2) is 7.22. The molecule has 4 atom stereocenters. The van der Waals surface area contributed by atoms with Crippen molar-refractivity contribution < 1.29 is 0 Å². The topological polar surface area (TPSA) is 0 Å². The van der Waals surface area contributed by atoms with Gasteiger partial charge in [-0.25, -0.2) is 0 Å². The monoisotopic (exact) mass is 468 g/mol. The van der Waals surface area contributed by atoms with Crippen molar-refractivity contribution in [3.63, 3.8) is 0 Å². The van der Waals surface area contributed by atoms with Crippen molar-refractivity contribution in [2.75, 3.05) is 0 Å². The lowest BCUT2D eigenvalue weighted by Gasteiger charge is -2.50. The molecule has 180 valence electrons. The van der Waals surface area contributed by atoms with Crippen LogP contribution in [0.5, 0.6) is 0 Å². The Labute approximate surface area is 216 Å². The molecule has 0 fully saturated rings. The predicted octanol–water partition coefficient (Wildman–Crippen LogP) is 9.15. The first-order valence-corrected chi connectivity index (χ1v) is 13.6. The Kier molecular flexibility index (Phi) is 4.43. The highest BCUT2D eigenvalue weighted by Crippen LogP contribution is 2.64. The SMILES string of the molecule is CC(C)(C)c1ccc2c(c1)[C@H]1c3ccccc3[C@@H]2[C@H]2c3ccccc3[C@@H]1c1ccc(C(C)(C)C)cc12. The van der Waals surface area contributed by atoms with Gasteiger partial charge < -0.3 is 0 Å². The Morgan fingerprint density at radius 1 is 0.361 bits per heavy atom. The molecule has 4 bridgehead atoms. The van der Waals surface area contributed by atoms with Crippen LogP contribution < -0.4 is 0 Å². The van der Waals surface area contributed by atoms with Crippen molar-refractivity contribution in [2.45, 2.75) is 76.0 Å². The summed E-state index contributed by atoms with van der Waals surface area (Å²) in [5.41, 5.74) is 15.5. The molecule has 0 amide bonds. The van der Waals surface area contributed by atoms with Crippen molar-refractivity contribution in [1.29, 1.82) is 0 Å². The minimum Gasteiger partial charge on any atom is -0.0620 e. The third kappa shape index (κ3) is 2.94. The van der Waals surface area contributed by atoms with Gasteiger partial charge in [-0.3, -0.25) is 0 Å². The molecule has 4 aromatic rings. The van der Waals surface area contributed by atoms with Gasteiger partial charge >= 0.3 is 0 Å². The summed E-state index contributed by atoms with van der Waals surface area (Å²) >= 11 is 0. The van der Waals surface area contributed by atoms with Gasteiger partial charge in [-0.2, -0.15) is 0 Å². The largest absolute Gasteiger partial charge is 0.0620 e. The second-order valence-corrected chi connectivity index (χ2v) is 13.4. The van der Waals surface area contributed by atoms with Crippen LogP contribution in [0.1, 0.15) is 121 Å². The van der Waals surface area contributed by atoms with Gasteiger partial charge in [0, 0.05) is 23.7 Å². The molecule has 0 nitrogen and oxygen atoms in total. The van der Waals surface area contributed by atoms with E-state index in [1.807, 2.05) is 0 Å². The van der Waals surface area contributed by atoms with E-state index in [0.717, 1.165) is 0 Å². The van der Waals surface area contributed by atoms with E-state index in [1.165, 1.54) is 33.4 Å². The normalized spacial score (nSPS) is 23.3. The highest BCUT2D eigenvalue weighted by Gasteiger charge is 2.49. The van der Waals surface area contributed by atoms with Crippen molar-refractivity contribution in [2.24, 2.45) is 0 Å². The maximum Gasteiger partial charge on any atom is 0.0205 e. The van der Waals surface area contributed by atoms with Crippen LogP contribution in [0.25, 0.3) is 0 Å². The molecule has 0 unspecified atom stereocenters. The molecule has 36 heavy (non-hydrogen) atoms. The van der Waals surface area contributed by atoms with E-state index in [0.29, 0.717) is 23.7 Å². The minimum absolute atomic E-state index is 0.132. The summed E-state index contributed by atoms with van der Waals surface area (Å²) in [5, 5.41) is 0. The van der Waals surface area contributed by atoms with Gasteiger partial charge in [0.05, 0.1) is 0 Å². The zero-order valence-electron chi connectivity index (χ0n) is 22.4. The van der Waals surface area contributed by atoms with Gasteiger partial charge in [0.2, 0.25) is 0 Å². The Hall–Kier alpha value is -3.12. The Morgan fingerprint density at radius 2 is 0.639 bits per heavy atom. The maximum absolute atomic E-state index is 2.56. The fraction of sp³-hybridized carbons (Fsp3) is 0.333. The van der Waals surface area contributed by atoms with E-state index in [4.69, 9.17) is 0 Å². The molecule has 0 saturated carbocycles. The molecule has 0 heterocycles. The second-order valence-electron chi connectivity index (χ2n) is 13.4. The zero-order chi connectivity index (χ0) is 25.0. The van der Waals surface area contributed by atoms with Crippen LogP contribution in [-0.4, -0.2) is 0 Å². The summed E-state index contributed by atoms with van der Waals surface area (Å²) in [5.74, 6) is 1.32. The maximum atomic E-state index is 2.56. The third-order valence-electron chi connectivity index (χ3n) is 9.24. The van der Waals surface area contributed by atoms with E-state index < -0.39 is 0 Å². The van der Waals surface area contributed by atoms with E-state index in [1.54, 1.807) is 22.3 Å². The smallest absolute Gasteiger partial charge is 0.0205 e. The molecule has 6 aliphatic rings. The molecular formula is C36H36. The van der Waals surface area contributed by atoms with Crippen LogP contribution in [-0.2, 0) is 10.8 Å². The van der Waals surface area contributed by atoms with Crippen LogP contribution in [0.15, 0.2) is 84.9 Å². The van der Waals surface area contributed by atoms with Gasteiger partial charge in [-0.15, -0.1) is 0 Å². The number of hydrogen-bond donors (Lipinski definition) is 0. The first-order chi connectivity index (χ1) is 17.1. The van der Waals surface area contributed by atoms with Gasteiger partial charge in [0.15, 0.2) is 0 Å². The van der Waals surface area contributed by atoms with Crippen molar-refractivity contribution in [1.82, 2.24) is 0 Å². The number of benzene rings is 4. The van der Waals surface area contributed by atoms with E-state index >= 15 is 0 Å². The standard InChI is InChI=1S/C36H36/c1-35(2,3)21-15-17-27-29(19-21)33-25-13-9-7-11-23(25)31(27)34-26-14-10-8-12-24(26)32(33)28-18-16-22(20-30(28)34)36(4,5)6/h7-20,31-34H,1-6H3/t31-,32+,33+,34-. The average molecular weight is 469 g/mol. The van der Waals surface area contributed by atoms with Crippen LogP contribution in [0, 0.1) is 0 Å². The van der Waals surface area contributed by atoms with Crippen LogP contribution in [0.2, 0.25) is 0 Å². The van der Waals surface area contributed by atoms with Gasteiger partial charge in [-0.05, 0) is 66.5 Å². The van der Waals surface area contributed by atoms with E-state index in [9.17, 15) is 0 Å². The molecule has 0 saturated heterocycles. The summed E-state index contributed by atoms with van der Waals surface area (Å²) in [6.45, 7) is 14.1. The Balaban J connectivity index is 1.60. The lowest BCUT2D eigenvalue weighted by atomic mass is 9.52. The van der Waals surface area contributed by atoms with E-state index in [-0.39, 0.29) is 10.8 Å². The Morgan fingerprint density at radius 3 is 0.944 bits per heavy atom. The summed E-state index contributed by atoms with van der Waals surface area (Å²) < 4.78 is 0. The number of hydrogen-bond acceptors (Lipinski definition) is 0. The van der Waals surface area contributed by atoms with Gasteiger partial charge in [0.25, 0.3) is 0 Å². The highest BCUT2D eigenvalue weighted by molar-refractivity contribution is 5.68. The first-order valence-electron chi connectivity index (χ1n) is 13.6. The quantitative estimate of drug-likeness (QED) is 0.241. The molecule has 0 N–H and O–H groups in total. The van der Waals surface area contributed by atoms with E-state index in [2.05, 4.69) is 126 Å². The molecule has 0 heteroatoms. The van der Waals surface area contributed by atoms with Gasteiger partial charge in [0.1, 0.15) is 0 Å². The molecule has 10 rings (SSSR count). The average Bonchev–Trinajstić information content (AvgIpc) is 2.83.